The fourth-order valence-electron chi connectivity index (χ4n) is 12.4. The van der Waals surface area contributed by atoms with Crippen LogP contribution in [0.1, 0.15) is 47.9 Å². The molecule has 1 aromatic heterocycles. The highest BCUT2D eigenvalue weighted by Crippen LogP contribution is 2.86. The Bertz CT molecular complexity index is 3010. The summed E-state index contributed by atoms with van der Waals surface area (Å²) in [4.78, 5) is 15.3. The summed E-state index contributed by atoms with van der Waals surface area (Å²) in [5, 5.41) is 21.5. The Morgan fingerprint density at radius 1 is 0.417 bits per heavy atom. The van der Waals surface area contributed by atoms with Crippen LogP contribution < -0.4 is 0 Å². The average molecular weight is 770 g/mol. The monoisotopic (exact) mass is 769 g/mol. The second kappa shape index (κ2) is 13.2. The smallest absolute Gasteiger partial charge is 0.164 e. The van der Waals surface area contributed by atoms with Crippen molar-refractivity contribution in [3.63, 3.8) is 0 Å². The molecular formula is C55H39N5. The summed E-state index contributed by atoms with van der Waals surface area (Å²) < 4.78 is 0. The van der Waals surface area contributed by atoms with Gasteiger partial charge in [0.25, 0.3) is 0 Å². The molecule has 6 atom stereocenters. The van der Waals surface area contributed by atoms with Gasteiger partial charge in [0.15, 0.2) is 17.5 Å². The summed E-state index contributed by atoms with van der Waals surface area (Å²) in [5.41, 5.74) is 11.7. The van der Waals surface area contributed by atoms with E-state index in [1.165, 1.54) is 42.2 Å². The maximum absolute atomic E-state index is 9.60. The number of hydrogen-bond donors (Lipinski definition) is 0. The lowest BCUT2D eigenvalue weighted by Crippen LogP contribution is -2.65. The highest BCUT2D eigenvalue weighted by Gasteiger charge is 2.81. The molecule has 0 aliphatic heterocycles. The quantitative estimate of drug-likeness (QED) is 0.161. The minimum absolute atomic E-state index is 0.152. The van der Waals surface area contributed by atoms with Crippen LogP contribution in [0.4, 0.5) is 0 Å². The molecule has 6 unspecified atom stereocenters. The van der Waals surface area contributed by atoms with E-state index in [2.05, 4.69) is 133 Å². The fourth-order valence-corrected chi connectivity index (χ4v) is 12.4. The molecule has 1 spiro atoms. The van der Waals surface area contributed by atoms with Crippen molar-refractivity contribution in [2.24, 2.45) is 29.1 Å². The number of nitrogens with zero attached hydrogens (tertiary/aromatic N) is 5. The summed E-state index contributed by atoms with van der Waals surface area (Å²) in [5.74, 6) is 4.77. The van der Waals surface area contributed by atoms with E-state index in [0.29, 0.717) is 45.9 Å². The Kier molecular flexibility index (Phi) is 7.63. The number of nitriles is 2. The van der Waals surface area contributed by atoms with E-state index >= 15 is 0 Å². The largest absolute Gasteiger partial charge is 0.208 e. The van der Waals surface area contributed by atoms with Crippen LogP contribution in [0.5, 0.6) is 0 Å². The van der Waals surface area contributed by atoms with Gasteiger partial charge >= 0.3 is 0 Å². The zero-order chi connectivity index (χ0) is 40.0. The van der Waals surface area contributed by atoms with Crippen molar-refractivity contribution in [3.05, 3.63) is 186 Å². The average Bonchev–Trinajstić information content (AvgIpc) is 3.82. The third kappa shape index (κ3) is 5.06. The molecule has 7 aromatic carbocycles. The van der Waals surface area contributed by atoms with Crippen molar-refractivity contribution < 1.29 is 0 Å². The van der Waals surface area contributed by atoms with Crippen LogP contribution in [0, 0.1) is 51.7 Å². The third-order valence-electron chi connectivity index (χ3n) is 15.0. The van der Waals surface area contributed by atoms with Gasteiger partial charge in [-0.05, 0) is 135 Å². The van der Waals surface area contributed by atoms with Gasteiger partial charge in [0.05, 0.1) is 23.3 Å². The van der Waals surface area contributed by atoms with Gasteiger partial charge in [-0.15, -0.1) is 0 Å². The van der Waals surface area contributed by atoms with Crippen LogP contribution in [0.2, 0.25) is 0 Å². The van der Waals surface area contributed by atoms with Gasteiger partial charge in [0.1, 0.15) is 0 Å². The van der Waals surface area contributed by atoms with Gasteiger partial charge in [-0.3, -0.25) is 0 Å². The zero-order valence-corrected chi connectivity index (χ0v) is 33.0. The first kappa shape index (κ1) is 34.8. The summed E-state index contributed by atoms with van der Waals surface area (Å²) >= 11 is 0. The molecular weight excluding hydrogens is 731 g/mol. The maximum atomic E-state index is 9.60. The molecule has 0 amide bonds. The molecule has 12 rings (SSSR count). The summed E-state index contributed by atoms with van der Waals surface area (Å²) in [7, 11) is 0. The number of fused-ring (bicyclic) bond motifs is 2. The summed E-state index contributed by atoms with van der Waals surface area (Å²) in [6.07, 6.45) is 5.23. The van der Waals surface area contributed by atoms with E-state index in [1.54, 1.807) is 0 Å². The Hall–Kier alpha value is -7.21. The molecule has 5 heteroatoms. The normalized spacial score (nSPS) is 24.2. The number of aromatic nitrogens is 3. The third-order valence-corrected chi connectivity index (χ3v) is 15.0. The molecule has 5 nitrogen and oxygen atoms in total. The SMILES string of the molecule is N#Cc1ccc(-c2cc(-c3ccc(C#N)cc3)cc(C3(c4ccc(-c5nc(-c6ccccc6)nc(-c6ccc7ccccc7c6)n5)cc4)C4CC5CC6CC3C56C4)c2)cc1. The summed E-state index contributed by atoms with van der Waals surface area (Å²) in [6.45, 7) is 0. The lowest BCUT2D eigenvalue weighted by molar-refractivity contribution is -0.194. The van der Waals surface area contributed by atoms with Crippen LogP contribution in [-0.4, -0.2) is 15.0 Å². The van der Waals surface area contributed by atoms with Crippen LogP contribution in [-0.2, 0) is 5.41 Å². The predicted octanol–water partition coefficient (Wildman–Crippen LogP) is 12.5. The number of benzene rings is 7. The standard InChI is InChI=1S/C55H39N5/c56-32-34-10-14-37(15-11-34)43-25-44(38-16-12-35(33-57)13-17-38)27-48(26-43)55(49-29-46-28-47-30-50(55)54(46,47)31-49)45-22-20-40(21-23-45)52-58-51(39-7-2-1-3-8-39)59-53(60-52)42-19-18-36-6-4-5-9-41(36)24-42/h1-27,46-47,49-50H,28-31H2. The van der Waals surface area contributed by atoms with Crippen LogP contribution in [0.3, 0.4) is 0 Å². The van der Waals surface area contributed by atoms with Gasteiger partial charge in [-0.2, -0.15) is 10.5 Å². The van der Waals surface area contributed by atoms with E-state index in [1.807, 2.05) is 42.5 Å². The van der Waals surface area contributed by atoms with Gasteiger partial charge in [-0.25, -0.2) is 15.0 Å². The number of hydrogen-bond acceptors (Lipinski definition) is 5. The molecule has 4 aliphatic carbocycles. The molecule has 8 aromatic rings. The topological polar surface area (TPSA) is 86.2 Å². The Balaban J connectivity index is 1.01. The molecule has 284 valence electrons. The molecule has 0 N–H and O–H groups in total. The number of rotatable bonds is 7. The van der Waals surface area contributed by atoms with Crippen molar-refractivity contribution in [1.82, 2.24) is 15.0 Å². The lowest BCUT2D eigenvalue weighted by atomic mass is 9.33. The molecule has 4 aliphatic rings. The van der Waals surface area contributed by atoms with Crippen LogP contribution in [0.15, 0.2) is 164 Å². The van der Waals surface area contributed by atoms with Gasteiger partial charge in [0, 0.05) is 22.1 Å². The molecule has 2 bridgehead atoms. The van der Waals surface area contributed by atoms with E-state index in [0.717, 1.165) is 56.2 Å². The molecule has 4 saturated carbocycles. The Morgan fingerprint density at radius 2 is 0.933 bits per heavy atom. The molecule has 4 fully saturated rings. The van der Waals surface area contributed by atoms with Gasteiger partial charge in [-0.1, -0.05) is 127 Å². The maximum Gasteiger partial charge on any atom is 0.164 e. The molecule has 0 saturated heterocycles. The van der Waals surface area contributed by atoms with E-state index in [9.17, 15) is 10.5 Å². The van der Waals surface area contributed by atoms with Crippen molar-refractivity contribution >= 4 is 10.8 Å². The minimum atomic E-state index is -0.152. The van der Waals surface area contributed by atoms with E-state index in [-0.39, 0.29) is 5.41 Å². The van der Waals surface area contributed by atoms with Crippen molar-refractivity contribution in [2.45, 2.75) is 31.1 Å². The van der Waals surface area contributed by atoms with Crippen LogP contribution in [0.25, 0.3) is 67.2 Å². The molecule has 60 heavy (non-hydrogen) atoms. The van der Waals surface area contributed by atoms with Crippen LogP contribution >= 0.6 is 0 Å². The predicted molar refractivity (Wildman–Crippen MR) is 236 cm³/mol. The second-order valence-electron chi connectivity index (χ2n) is 17.5. The lowest BCUT2D eigenvalue weighted by Gasteiger charge is -2.70. The first-order chi connectivity index (χ1) is 29.5. The van der Waals surface area contributed by atoms with E-state index in [4.69, 9.17) is 15.0 Å². The first-order valence-corrected chi connectivity index (χ1v) is 21.1. The highest BCUT2D eigenvalue weighted by molar-refractivity contribution is 5.86. The van der Waals surface area contributed by atoms with E-state index < -0.39 is 0 Å². The van der Waals surface area contributed by atoms with Gasteiger partial charge in [0.2, 0.25) is 0 Å². The Labute approximate surface area is 349 Å². The summed E-state index contributed by atoms with van der Waals surface area (Å²) in [6, 6.07) is 62.0. The molecule has 0 radical (unpaired) electrons. The zero-order valence-electron chi connectivity index (χ0n) is 33.0. The van der Waals surface area contributed by atoms with Gasteiger partial charge < -0.3 is 0 Å². The molecule has 1 heterocycles. The fraction of sp³-hybridized carbons (Fsp3) is 0.182. The van der Waals surface area contributed by atoms with Crippen molar-refractivity contribution in [3.8, 4) is 68.6 Å². The Morgan fingerprint density at radius 3 is 1.53 bits per heavy atom. The van der Waals surface area contributed by atoms with Crippen molar-refractivity contribution in [2.75, 3.05) is 0 Å². The minimum Gasteiger partial charge on any atom is -0.208 e. The van der Waals surface area contributed by atoms with Crippen molar-refractivity contribution in [1.29, 1.82) is 10.5 Å². The second-order valence-corrected chi connectivity index (χ2v) is 17.5. The first-order valence-electron chi connectivity index (χ1n) is 21.1. The highest BCUT2D eigenvalue weighted by atomic mass is 15.0.